The van der Waals surface area contributed by atoms with Crippen LogP contribution >= 0.6 is 0 Å². The van der Waals surface area contributed by atoms with Crippen LogP contribution in [0.4, 0.5) is 0 Å². The Kier molecular flexibility index (Phi) is 5.08. The molecule has 0 saturated heterocycles. The molecule has 0 aliphatic rings. The Morgan fingerprint density at radius 1 is 1.38 bits per heavy atom. The van der Waals surface area contributed by atoms with Crippen molar-refractivity contribution in [1.82, 2.24) is 24.8 Å². The highest BCUT2D eigenvalue weighted by Crippen LogP contribution is 2.13. The fourth-order valence-electron chi connectivity index (χ4n) is 2.08. The minimum absolute atomic E-state index is 0.0936. The molecule has 0 spiro atoms. The first-order chi connectivity index (χ1) is 9.99. The highest BCUT2D eigenvalue weighted by molar-refractivity contribution is 5.15. The Morgan fingerprint density at radius 3 is 2.76 bits per heavy atom. The van der Waals surface area contributed by atoms with Gasteiger partial charge in [-0.15, -0.1) is 0 Å². The van der Waals surface area contributed by atoms with Crippen molar-refractivity contribution in [1.29, 1.82) is 0 Å². The second-order valence-corrected chi connectivity index (χ2v) is 5.60. The van der Waals surface area contributed by atoms with Crippen LogP contribution in [0.1, 0.15) is 42.7 Å². The molecule has 0 amide bonds. The summed E-state index contributed by atoms with van der Waals surface area (Å²) in [6.07, 6.45) is 1.97. The lowest BCUT2D eigenvalue weighted by atomic mass is 10.2. The zero-order valence-corrected chi connectivity index (χ0v) is 13.1. The largest absolute Gasteiger partial charge is 0.394 e. The van der Waals surface area contributed by atoms with Crippen molar-refractivity contribution in [2.45, 2.75) is 46.3 Å². The van der Waals surface area contributed by atoms with Crippen molar-refractivity contribution in [3.05, 3.63) is 29.2 Å². The van der Waals surface area contributed by atoms with Crippen LogP contribution in [0.2, 0.25) is 0 Å². The van der Waals surface area contributed by atoms with Crippen molar-refractivity contribution in [2.24, 2.45) is 0 Å². The Hall–Kier alpha value is -1.73. The van der Waals surface area contributed by atoms with E-state index in [4.69, 9.17) is 9.63 Å². The van der Waals surface area contributed by atoms with E-state index in [1.807, 2.05) is 34.0 Å². The SMILES string of the molecule is Cc1nn(CCO)cc1CN(C)Cc1nc(C(C)C)no1. The Morgan fingerprint density at radius 2 is 2.14 bits per heavy atom. The van der Waals surface area contributed by atoms with E-state index in [1.165, 1.54) is 0 Å². The summed E-state index contributed by atoms with van der Waals surface area (Å²) >= 11 is 0. The summed E-state index contributed by atoms with van der Waals surface area (Å²) in [5, 5.41) is 17.3. The van der Waals surface area contributed by atoms with Gasteiger partial charge in [0.1, 0.15) is 0 Å². The average molecular weight is 293 g/mol. The molecule has 0 aliphatic carbocycles. The summed E-state index contributed by atoms with van der Waals surface area (Å²) < 4.78 is 7.02. The molecule has 0 aromatic carbocycles. The predicted octanol–water partition coefficient (Wildman–Crippen LogP) is 1.32. The first-order valence-electron chi connectivity index (χ1n) is 7.14. The van der Waals surface area contributed by atoms with Crippen molar-refractivity contribution < 1.29 is 9.63 Å². The molecule has 2 aromatic heterocycles. The van der Waals surface area contributed by atoms with E-state index in [0.717, 1.165) is 23.6 Å². The second kappa shape index (κ2) is 6.82. The van der Waals surface area contributed by atoms with Gasteiger partial charge < -0.3 is 9.63 Å². The lowest BCUT2D eigenvalue weighted by Crippen LogP contribution is -2.17. The van der Waals surface area contributed by atoms with E-state index < -0.39 is 0 Å². The fourth-order valence-corrected chi connectivity index (χ4v) is 2.08. The molecule has 0 saturated carbocycles. The topological polar surface area (TPSA) is 80.2 Å². The van der Waals surface area contributed by atoms with Crippen molar-refractivity contribution in [3.63, 3.8) is 0 Å². The third kappa shape index (κ3) is 4.12. The number of hydrogen-bond acceptors (Lipinski definition) is 6. The Bertz CT molecular complexity index is 576. The molecule has 7 heteroatoms. The molecule has 2 aromatic rings. The molecule has 0 radical (unpaired) electrons. The number of aliphatic hydroxyl groups is 1. The molecule has 0 bridgehead atoms. The minimum Gasteiger partial charge on any atom is -0.394 e. The summed E-state index contributed by atoms with van der Waals surface area (Å²) in [6, 6.07) is 0. The van der Waals surface area contributed by atoms with Gasteiger partial charge in [-0.2, -0.15) is 10.1 Å². The van der Waals surface area contributed by atoms with Crippen LogP contribution < -0.4 is 0 Å². The molecule has 21 heavy (non-hydrogen) atoms. The third-order valence-corrected chi connectivity index (χ3v) is 3.22. The molecule has 7 nitrogen and oxygen atoms in total. The van der Waals surface area contributed by atoms with Gasteiger partial charge in [0.05, 0.1) is 25.4 Å². The van der Waals surface area contributed by atoms with Crippen molar-refractivity contribution in [3.8, 4) is 0 Å². The van der Waals surface area contributed by atoms with Crippen molar-refractivity contribution >= 4 is 0 Å². The number of nitrogens with zero attached hydrogens (tertiary/aromatic N) is 5. The van der Waals surface area contributed by atoms with Crippen molar-refractivity contribution in [2.75, 3.05) is 13.7 Å². The average Bonchev–Trinajstić information content (AvgIpc) is 2.98. The predicted molar refractivity (Wildman–Crippen MR) is 77.6 cm³/mol. The number of aromatic nitrogens is 4. The first-order valence-corrected chi connectivity index (χ1v) is 7.14. The Balaban J connectivity index is 1.95. The van der Waals surface area contributed by atoms with Crippen LogP contribution in [-0.4, -0.2) is 43.6 Å². The summed E-state index contributed by atoms with van der Waals surface area (Å²) in [5.41, 5.74) is 2.11. The zero-order valence-electron chi connectivity index (χ0n) is 13.1. The van der Waals surface area contributed by atoms with E-state index in [1.54, 1.807) is 4.68 Å². The van der Waals surface area contributed by atoms with Gasteiger partial charge in [0, 0.05) is 24.2 Å². The summed E-state index contributed by atoms with van der Waals surface area (Å²) in [6.45, 7) is 8.01. The molecule has 0 unspecified atom stereocenters. The van der Waals surface area contributed by atoms with E-state index in [9.17, 15) is 0 Å². The second-order valence-electron chi connectivity index (χ2n) is 5.60. The van der Waals surface area contributed by atoms with Gasteiger partial charge >= 0.3 is 0 Å². The molecule has 116 valence electrons. The quantitative estimate of drug-likeness (QED) is 0.829. The summed E-state index contributed by atoms with van der Waals surface area (Å²) in [5.74, 6) is 1.64. The highest BCUT2D eigenvalue weighted by atomic mass is 16.5. The molecule has 2 rings (SSSR count). The van der Waals surface area contributed by atoms with Gasteiger partial charge in [-0.05, 0) is 14.0 Å². The van der Waals surface area contributed by atoms with Gasteiger partial charge in [0.2, 0.25) is 5.89 Å². The van der Waals surface area contributed by atoms with Gasteiger partial charge in [0.15, 0.2) is 5.82 Å². The molecule has 0 fully saturated rings. The van der Waals surface area contributed by atoms with Crippen LogP contribution in [0, 0.1) is 6.92 Å². The molecule has 2 heterocycles. The maximum absolute atomic E-state index is 8.94. The molecule has 1 N–H and O–H groups in total. The van der Waals surface area contributed by atoms with Crippen LogP contribution in [0.25, 0.3) is 0 Å². The van der Waals surface area contributed by atoms with Gasteiger partial charge in [-0.1, -0.05) is 19.0 Å². The highest BCUT2D eigenvalue weighted by Gasteiger charge is 2.13. The fraction of sp³-hybridized carbons (Fsp3) is 0.643. The van der Waals surface area contributed by atoms with E-state index in [-0.39, 0.29) is 12.5 Å². The summed E-state index contributed by atoms with van der Waals surface area (Å²) in [4.78, 5) is 6.48. The van der Waals surface area contributed by atoms with Crippen LogP contribution in [0.3, 0.4) is 0 Å². The normalized spacial score (nSPS) is 11.8. The standard InChI is InChI=1S/C14H23N5O2/c1-10(2)14-15-13(21-17-14)9-18(4)7-12-8-19(5-6-20)16-11(12)3/h8,10,20H,5-7,9H2,1-4H3. The maximum Gasteiger partial charge on any atom is 0.240 e. The van der Waals surface area contributed by atoms with Crippen LogP contribution in [0.5, 0.6) is 0 Å². The van der Waals surface area contributed by atoms with E-state index in [2.05, 4.69) is 20.1 Å². The summed E-state index contributed by atoms with van der Waals surface area (Å²) in [7, 11) is 2.00. The molecule has 0 atom stereocenters. The first kappa shape index (κ1) is 15.7. The number of rotatable bonds is 7. The van der Waals surface area contributed by atoms with Crippen LogP contribution in [-0.2, 0) is 19.6 Å². The lowest BCUT2D eigenvalue weighted by Gasteiger charge is -2.13. The molecular formula is C14H23N5O2. The van der Waals surface area contributed by atoms with Gasteiger partial charge in [-0.25, -0.2) is 0 Å². The third-order valence-electron chi connectivity index (χ3n) is 3.22. The monoisotopic (exact) mass is 293 g/mol. The minimum atomic E-state index is 0.0936. The molecule has 0 aliphatic heterocycles. The molecular weight excluding hydrogens is 270 g/mol. The zero-order chi connectivity index (χ0) is 15.4. The number of aryl methyl sites for hydroxylation is 1. The Labute approximate surface area is 124 Å². The number of hydrogen-bond donors (Lipinski definition) is 1. The lowest BCUT2D eigenvalue weighted by molar-refractivity contribution is 0.259. The smallest absolute Gasteiger partial charge is 0.240 e. The van der Waals surface area contributed by atoms with E-state index in [0.29, 0.717) is 19.0 Å². The number of aliphatic hydroxyl groups excluding tert-OH is 1. The van der Waals surface area contributed by atoms with Gasteiger partial charge in [0.25, 0.3) is 0 Å². The van der Waals surface area contributed by atoms with Gasteiger partial charge in [-0.3, -0.25) is 9.58 Å². The van der Waals surface area contributed by atoms with E-state index >= 15 is 0 Å². The maximum atomic E-state index is 8.94. The van der Waals surface area contributed by atoms with Crippen LogP contribution in [0.15, 0.2) is 10.7 Å².